The molecule has 1 saturated heterocycles. The summed E-state index contributed by atoms with van der Waals surface area (Å²) in [7, 11) is 0. The Morgan fingerprint density at radius 1 is 1.39 bits per heavy atom. The highest BCUT2D eigenvalue weighted by molar-refractivity contribution is 7.12. The van der Waals surface area contributed by atoms with Crippen LogP contribution in [0.5, 0.6) is 0 Å². The molecular formula is C18H16F2N4O3S. The number of thiazole rings is 1. The van der Waals surface area contributed by atoms with Gasteiger partial charge in [0.25, 0.3) is 5.92 Å². The van der Waals surface area contributed by atoms with Gasteiger partial charge in [0.1, 0.15) is 11.4 Å². The van der Waals surface area contributed by atoms with Gasteiger partial charge in [0.15, 0.2) is 10.8 Å². The fourth-order valence-corrected chi connectivity index (χ4v) is 3.77. The number of fused-ring (bicyclic) bond motifs is 1. The van der Waals surface area contributed by atoms with Crippen molar-refractivity contribution in [1.82, 2.24) is 14.5 Å². The molecule has 0 aliphatic carbocycles. The maximum Gasteiger partial charge on any atom is 0.343 e. The molecule has 0 amide bonds. The van der Waals surface area contributed by atoms with Crippen molar-refractivity contribution in [1.29, 1.82) is 0 Å². The van der Waals surface area contributed by atoms with Crippen molar-refractivity contribution in [2.24, 2.45) is 0 Å². The number of hydrogen-bond donors (Lipinski definition) is 0. The molecule has 146 valence electrons. The quantitative estimate of drug-likeness (QED) is 0.620. The van der Waals surface area contributed by atoms with E-state index in [2.05, 4.69) is 9.97 Å². The fourth-order valence-electron chi connectivity index (χ4n) is 3.15. The molecule has 0 aromatic carbocycles. The predicted octanol–water partition coefficient (Wildman–Crippen LogP) is 2.78. The molecule has 3 aromatic rings. The molecule has 28 heavy (non-hydrogen) atoms. The van der Waals surface area contributed by atoms with Gasteiger partial charge in [-0.25, -0.2) is 23.5 Å². The zero-order chi connectivity index (χ0) is 20.1. The number of carbonyl (C=O) groups excluding carboxylic acids is 1. The molecule has 0 radical (unpaired) electrons. The summed E-state index contributed by atoms with van der Waals surface area (Å²) in [5, 5.41) is 2.47. The largest absolute Gasteiger partial charge is 0.462 e. The van der Waals surface area contributed by atoms with E-state index >= 15 is 0 Å². The van der Waals surface area contributed by atoms with Crippen molar-refractivity contribution in [2.75, 3.05) is 24.6 Å². The molecule has 7 nitrogen and oxygen atoms in total. The molecule has 1 aliphatic rings. The second-order valence-electron chi connectivity index (χ2n) is 6.49. The number of pyridine rings is 2. The van der Waals surface area contributed by atoms with E-state index in [0.717, 1.165) is 0 Å². The summed E-state index contributed by atoms with van der Waals surface area (Å²) in [6.07, 6.45) is 2.93. The SMILES string of the molecule is CCOC(=O)c1cn(-c2nccs2)c2nc(N3CC(F)(F)C3)cc(C)c2c1=O. The number of esters is 1. The summed E-state index contributed by atoms with van der Waals surface area (Å²) in [5.41, 5.74) is 0.166. The predicted molar refractivity (Wildman–Crippen MR) is 101 cm³/mol. The van der Waals surface area contributed by atoms with E-state index in [1.54, 1.807) is 31.5 Å². The third kappa shape index (κ3) is 3.03. The van der Waals surface area contributed by atoms with Crippen LogP contribution in [0.15, 0.2) is 28.6 Å². The fraction of sp³-hybridized carbons (Fsp3) is 0.333. The molecule has 10 heteroatoms. The number of anilines is 1. The number of rotatable bonds is 4. The summed E-state index contributed by atoms with van der Waals surface area (Å²) >= 11 is 1.29. The second kappa shape index (κ2) is 6.62. The third-order valence-electron chi connectivity index (χ3n) is 4.43. The topological polar surface area (TPSA) is 77.3 Å². The van der Waals surface area contributed by atoms with Crippen LogP contribution in [0.3, 0.4) is 0 Å². The normalized spacial score (nSPS) is 15.5. The van der Waals surface area contributed by atoms with Crippen molar-refractivity contribution >= 4 is 34.2 Å². The molecule has 1 fully saturated rings. The van der Waals surface area contributed by atoms with Crippen LogP contribution < -0.4 is 10.3 Å². The molecular weight excluding hydrogens is 390 g/mol. The van der Waals surface area contributed by atoms with E-state index in [4.69, 9.17) is 4.74 Å². The number of ether oxygens (including phenoxy) is 1. The highest BCUT2D eigenvalue weighted by atomic mass is 32.1. The van der Waals surface area contributed by atoms with Crippen LogP contribution in [0.25, 0.3) is 16.2 Å². The number of carbonyl (C=O) groups is 1. The Labute approximate surface area is 162 Å². The van der Waals surface area contributed by atoms with Crippen LogP contribution in [-0.2, 0) is 4.74 Å². The molecule has 4 heterocycles. The first-order valence-electron chi connectivity index (χ1n) is 8.57. The molecule has 0 spiro atoms. The monoisotopic (exact) mass is 406 g/mol. The van der Waals surface area contributed by atoms with Crippen molar-refractivity contribution in [2.45, 2.75) is 19.8 Å². The molecule has 0 N–H and O–H groups in total. The number of nitrogens with zero attached hydrogens (tertiary/aromatic N) is 4. The van der Waals surface area contributed by atoms with Gasteiger partial charge in [-0.05, 0) is 25.5 Å². The minimum atomic E-state index is -2.74. The van der Waals surface area contributed by atoms with Gasteiger partial charge < -0.3 is 9.64 Å². The lowest BCUT2D eigenvalue weighted by Crippen LogP contribution is -2.56. The van der Waals surface area contributed by atoms with Crippen molar-refractivity contribution < 1.29 is 18.3 Å². The lowest BCUT2D eigenvalue weighted by atomic mass is 10.1. The highest BCUT2D eigenvalue weighted by Crippen LogP contribution is 2.32. The molecule has 4 rings (SSSR count). The van der Waals surface area contributed by atoms with E-state index in [1.165, 1.54) is 27.0 Å². The molecule has 0 saturated carbocycles. The smallest absolute Gasteiger partial charge is 0.343 e. The number of aryl methyl sites for hydroxylation is 1. The first-order valence-corrected chi connectivity index (χ1v) is 9.45. The number of hydrogen-bond acceptors (Lipinski definition) is 7. The lowest BCUT2D eigenvalue weighted by Gasteiger charge is -2.39. The summed E-state index contributed by atoms with van der Waals surface area (Å²) < 4.78 is 33.1. The van der Waals surface area contributed by atoms with Crippen LogP contribution in [0.1, 0.15) is 22.8 Å². The van der Waals surface area contributed by atoms with Gasteiger partial charge in [-0.3, -0.25) is 9.36 Å². The Morgan fingerprint density at radius 3 is 2.75 bits per heavy atom. The molecule has 0 bridgehead atoms. The summed E-state index contributed by atoms with van der Waals surface area (Å²) in [4.78, 5) is 35.4. The van der Waals surface area contributed by atoms with E-state index in [-0.39, 0.29) is 23.2 Å². The number of halogens is 2. The maximum atomic E-state index is 13.3. The van der Waals surface area contributed by atoms with Crippen LogP contribution in [0.2, 0.25) is 0 Å². The van der Waals surface area contributed by atoms with Gasteiger partial charge in [-0.1, -0.05) is 0 Å². The van der Waals surface area contributed by atoms with E-state index in [9.17, 15) is 18.4 Å². The lowest BCUT2D eigenvalue weighted by molar-refractivity contribution is -0.0266. The molecule has 3 aromatic heterocycles. The van der Waals surface area contributed by atoms with Gasteiger partial charge in [0.2, 0.25) is 5.43 Å². The van der Waals surface area contributed by atoms with Crippen LogP contribution in [0.4, 0.5) is 14.6 Å². The number of alkyl halides is 2. The van der Waals surface area contributed by atoms with Gasteiger partial charge in [-0.2, -0.15) is 0 Å². The van der Waals surface area contributed by atoms with Crippen molar-refractivity contribution in [3.05, 3.63) is 45.2 Å². The van der Waals surface area contributed by atoms with Crippen molar-refractivity contribution in [3.8, 4) is 5.13 Å². The number of aromatic nitrogens is 3. The zero-order valence-electron chi connectivity index (χ0n) is 15.1. The van der Waals surface area contributed by atoms with Gasteiger partial charge in [0.05, 0.1) is 25.1 Å². The molecule has 0 atom stereocenters. The Kier molecular flexibility index (Phi) is 4.37. The van der Waals surface area contributed by atoms with E-state index < -0.39 is 30.4 Å². The van der Waals surface area contributed by atoms with Crippen LogP contribution >= 0.6 is 11.3 Å². The van der Waals surface area contributed by atoms with E-state index in [0.29, 0.717) is 16.5 Å². The molecule has 1 aliphatic heterocycles. The standard InChI is InChI=1S/C18H16F2N4O3S/c1-3-27-16(26)11-7-24(17-21-4-5-28-17)15-13(14(11)25)10(2)6-12(22-15)23-8-18(19,20)9-23/h4-7H,3,8-9H2,1-2H3. The van der Waals surface area contributed by atoms with Gasteiger partial charge in [0, 0.05) is 17.8 Å². The Morgan fingerprint density at radius 2 is 2.14 bits per heavy atom. The first kappa shape index (κ1) is 18.5. The van der Waals surface area contributed by atoms with Gasteiger partial charge in [-0.15, -0.1) is 11.3 Å². The van der Waals surface area contributed by atoms with Gasteiger partial charge >= 0.3 is 5.97 Å². The second-order valence-corrected chi connectivity index (χ2v) is 7.36. The minimum Gasteiger partial charge on any atom is -0.462 e. The summed E-state index contributed by atoms with van der Waals surface area (Å²) in [6.45, 7) is 2.63. The zero-order valence-corrected chi connectivity index (χ0v) is 15.9. The highest BCUT2D eigenvalue weighted by Gasteiger charge is 2.44. The maximum absolute atomic E-state index is 13.3. The molecule has 0 unspecified atom stereocenters. The Hall–Kier alpha value is -2.88. The minimum absolute atomic E-state index is 0.127. The summed E-state index contributed by atoms with van der Waals surface area (Å²) in [5.74, 6) is -3.12. The first-order chi connectivity index (χ1) is 13.3. The summed E-state index contributed by atoms with van der Waals surface area (Å²) in [6, 6.07) is 1.58. The van der Waals surface area contributed by atoms with Crippen LogP contribution in [-0.4, -0.2) is 46.1 Å². The van der Waals surface area contributed by atoms with Crippen LogP contribution in [0, 0.1) is 6.92 Å². The average Bonchev–Trinajstić information content (AvgIpc) is 3.14. The Bertz CT molecular complexity index is 1120. The third-order valence-corrected chi connectivity index (χ3v) is 5.20. The van der Waals surface area contributed by atoms with E-state index in [1.807, 2.05) is 0 Å². The Balaban J connectivity index is 1.96. The van der Waals surface area contributed by atoms with Crippen molar-refractivity contribution in [3.63, 3.8) is 0 Å². The average molecular weight is 406 g/mol.